The first-order valence-corrected chi connectivity index (χ1v) is 5.43. The number of nitrogens with one attached hydrogen (secondary N) is 1. The maximum absolute atomic E-state index is 4.44. The predicted octanol–water partition coefficient (Wildman–Crippen LogP) is 1.02. The van der Waals surface area contributed by atoms with Crippen LogP contribution in [0.3, 0.4) is 0 Å². The molecule has 1 N–H and O–H groups in total. The van der Waals surface area contributed by atoms with Crippen molar-refractivity contribution in [1.82, 2.24) is 19.7 Å². The normalized spacial score (nSPS) is 21.2. The molecule has 3 rings (SSSR count). The van der Waals surface area contributed by atoms with Gasteiger partial charge in [-0.3, -0.25) is 4.98 Å². The lowest BCUT2D eigenvalue weighted by molar-refractivity contribution is 0.584. The van der Waals surface area contributed by atoms with Crippen molar-refractivity contribution < 1.29 is 0 Å². The molecule has 1 fully saturated rings. The van der Waals surface area contributed by atoms with Gasteiger partial charge in [-0.05, 0) is 19.4 Å². The minimum absolute atomic E-state index is 0.601. The molecule has 1 aliphatic rings. The number of hydrogen-bond donors (Lipinski definition) is 1. The molecule has 4 nitrogen and oxygen atoms in total. The van der Waals surface area contributed by atoms with E-state index in [-0.39, 0.29) is 0 Å². The average Bonchev–Trinajstić information content (AvgIpc) is 2.89. The molecule has 0 aromatic carbocycles. The Bertz CT molecular complexity index is 456. The van der Waals surface area contributed by atoms with Crippen molar-refractivity contribution in [2.45, 2.75) is 25.3 Å². The zero-order valence-corrected chi connectivity index (χ0v) is 8.56. The van der Waals surface area contributed by atoms with Crippen LogP contribution in [0.5, 0.6) is 0 Å². The van der Waals surface area contributed by atoms with E-state index in [0.29, 0.717) is 6.04 Å². The molecule has 1 unspecified atom stereocenters. The number of imidazole rings is 1. The summed E-state index contributed by atoms with van der Waals surface area (Å²) in [7, 11) is 0. The summed E-state index contributed by atoms with van der Waals surface area (Å²) in [6.07, 6.45) is 11.1. The standard InChI is InChI=1S/C11H14N4/c1-2-9(13-3-1)6-11-14-8-10-7-12-4-5-15(10)11/h4-5,7-9,13H,1-3,6H2. The van der Waals surface area contributed by atoms with Crippen LogP contribution in [0, 0.1) is 0 Å². The van der Waals surface area contributed by atoms with Crippen LogP contribution in [0.1, 0.15) is 18.7 Å². The molecule has 1 atom stereocenters. The largest absolute Gasteiger partial charge is 0.314 e. The SMILES string of the molecule is c1cn2c(CC3CCCN3)ncc2cn1. The van der Waals surface area contributed by atoms with E-state index in [9.17, 15) is 0 Å². The third-order valence-electron chi connectivity index (χ3n) is 3.00. The molecule has 15 heavy (non-hydrogen) atoms. The predicted molar refractivity (Wildman–Crippen MR) is 57.7 cm³/mol. The maximum Gasteiger partial charge on any atom is 0.114 e. The van der Waals surface area contributed by atoms with Crippen LogP contribution in [-0.4, -0.2) is 27.0 Å². The summed E-state index contributed by atoms with van der Waals surface area (Å²) in [6, 6.07) is 0.601. The van der Waals surface area contributed by atoms with E-state index in [1.165, 1.54) is 12.8 Å². The van der Waals surface area contributed by atoms with Crippen molar-refractivity contribution in [3.63, 3.8) is 0 Å². The van der Waals surface area contributed by atoms with Gasteiger partial charge in [0.1, 0.15) is 5.82 Å². The molecule has 0 amide bonds. The van der Waals surface area contributed by atoms with Gasteiger partial charge in [-0.1, -0.05) is 0 Å². The quantitative estimate of drug-likeness (QED) is 0.790. The molecule has 2 aromatic rings. The van der Waals surface area contributed by atoms with Gasteiger partial charge in [0.15, 0.2) is 0 Å². The zero-order valence-electron chi connectivity index (χ0n) is 8.56. The molecular formula is C11H14N4. The minimum Gasteiger partial charge on any atom is -0.314 e. The third kappa shape index (κ3) is 1.61. The van der Waals surface area contributed by atoms with Gasteiger partial charge >= 0.3 is 0 Å². The molecular weight excluding hydrogens is 188 g/mol. The molecule has 0 aliphatic carbocycles. The topological polar surface area (TPSA) is 42.2 Å². The number of fused-ring (bicyclic) bond motifs is 1. The highest BCUT2D eigenvalue weighted by molar-refractivity contribution is 5.43. The summed E-state index contributed by atoms with van der Waals surface area (Å²) in [5, 5.41) is 3.49. The molecule has 1 saturated heterocycles. The van der Waals surface area contributed by atoms with Gasteiger partial charge < -0.3 is 9.72 Å². The highest BCUT2D eigenvalue weighted by atomic mass is 15.0. The second-order valence-electron chi connectivity index (χ2n) is 4.04. The van der Waals surface area contributed by atoms with Crippen LogP contribution in [0.4, 0.5) is 0 Å². The molecule has 4 heteroatoms. The van der Waals surface area contributed by atoms with Crippen molar-refractivity contribution >= 4 is 5.52 Å². The highest BCUT2D eigenvalue weighted by Gasteiger charge is 2.16. The number of hydrogen-bond acceptors (Lipinski definition) is 3. The van der Waals surface area contributed by atoms with Crippen molar-refractivity contribution in [3.8, 4) is 0 Å². The van der Waals surface area contributed by atoms with Crippen LogP contribution < -0.4 is 5.32 Å². The third-order valence-corrected chi connectivity index (χ3v) is 3.00. The van der Waals surface area contributed by atoms with Crippen molar-refractivity contribution in [2.24, 2.45) is 0 Å². The second-order valence-corrected chi connectivity index (χ2v) is 4.04. The van der Waals surface area contributed by atoms with Gasteiger partial charge in [0, 0.05) is 24.9 Å². The highest BCUT2D eigenvalue weighted by Crippen LogP contribution is 2.12. The molecule has 0 radical (unpaired) electrons. The van der Waals surface area contributed by atoms with Gasteiger partial charge in [0.2, 0.25) is 0 Å². The van der Waals surface area contributed by atoms with Crippen LogP contribution in [0.2, 0.25) is 0 Å². The monoisotopic (exact) mass is 202 g/mol. The summed E-state index contributed by atoms with van der Waals surface area (Å²) in [5.41, 5.74) is 1.07. The van der Waals surface area contributed by atoms with Gasteiger partial charge in [-0.2, -0.15) is 0 Å². The lowest BCUT2D eigenvalue weighted by Crippen LogP contribution is -2.24. The van der Waals surface area contributed by atoms with E-state index in [1.807, 2.05) is 18.6 Å². The van der Waals surface area contributed by atoms with Crippen molar-refractivity contribution in [1.29, 1.82) is 0 Å². The average molecular weight is 202 g/mol. The summed E-state index contributed by atoms with van der Waals surface area (Å²) in [6.45, 7) is 1.15. The zero-order chi connectivity index (χ0) is 10.1. The Morgan fingerprint density at radius 1 is 1.47 bits per heavy atom. The van der Waals surface area contributed by atoms with Crippen molar-refractivity contribution in [3.05, 3.63) is 30.6 Å². The van der Waals surface area contributed by atoms with E-state index >= 15 is 0 Å². The Morgan fingerprint density at radius 2 is 2.47 bits per heavy atom. The lowest BCUT2D eigenvalue weighted by Gasteiger charge is -2.08. The van der Waals surface area contributed by atoms with Gasteiger partial charge in [-0.15, -0.1) is 0 Å². The fraction of sp³-hybridized carbons (Fsp3) is 0.455. The molecule has 78 valence electrons. The number of aromatic nitrogens is 3. The molecule has 3 heterocycles. The van der Waals surface area contributed by atoms with E-state index in [0.717, 1.165) is 24.3 Å². The van der Waals surface area contributed by atoms with Crippen LogP contribution >= 0.6 is 0 Å². The Balaban J connectivity index is 1.90. The fourth-order valence-corrected chi connectivity index (χ4v) is 2.21. The molecule has 2 aromatic heterocycles. The molecule has 0 spiro atoms. The fourth-order valence-electron chi connectivity index (χ4n) is 2.21. The summed E-state index contributed by atoms with van der Waals surface area (Å²) >= 11 is 0. The first kappa shape index (κ1) is 8.85. The van der Waals surface area contributed by atoms with Gasteiger partial charge in [0.05, 0.1) is 17.9 Å². The minimum atomic E-state index is 0.601. The van der Waals surface area contributed by atoms with Crippen LogP contribution in [0.25, 0.3) is 5.52 Å². The van der Waals surface area contributed by atoms with Gasteiger partial charge in [0.25, 0.3) is 0 Å². The van der Waals surface area contributed by atoms with E-state index in [4.69, 9.17) is 0 Å². The van der Waals surface area contributed by atoms with E-state index in [2.05, 4.69) is 19.7 Å². The Labute approximate surface area is 88.4 Å². The Hall–Kier alpha value is -1.42. The second kappa shape index (κ2) is 3.62. The molecule has 0 saturated carbocycles. The summed E-state index contributed by atoms with van der Waals surface area (Å²) in [5.74, 6) is 1.13. The van der Waals surface area contributed by atoms with Crippen LogP contribution in [-0.2, 0) is 6.42 Å². The van der Waals surface area contributed by atoms with E-state index in [1.54, 1.807) is 6.20 Å². The Morgan fingerprint density at radius 3 is 3.33 bits per heavy atom. The lowest BCUT2D eigenvalue weighted by atomic mass is 10.1. The first-order chi connectivity index (χ1) is 7.43. The van der Waals surface area contributed by atoms with Gasteiger partial charge in [-0.25, -0.2) is 4.98 Å². The van der Waals surface area contributed by atoms with Crippen LogP contribution in [0.15, 0.2) is 24.8 Å². The van der Waals surface area contributed by atoms with E-state index < -0.39 is 0 Å². The first-order valence-electron chi connectivity index (χ1n) is 5.43. The summed E-state index contributed by atoms with van der Waals surface area (Å²) < 4.78 is 2.12. The molecule has 1 aliphatic heterocycles. The smallest absolute Gasteiger partial charge is 0.114 e. The molecule has 0 bridgehead atoms. The number of rotatable bonds is 2. The summed E-state index contributed by atoms with van der Waals surface area (Å²) in [4.78, 5) is 8.52. The maximum atomic E-state index is 4.44. The number of nitrogens with zero attached hydrogens (tertiary/aromatic N) is 3. The Kier molecular flexibility index (Phi) is 2.14. The van der Waals surface area contributed by atoms with Crippen molar-refractivity contribution in [2.75, 3.05) is 6.54 Å².